The first kappa shape index (κ1) is 31.7. The van der Waals surface area contributed by atoms with E-state index in [1.807, 2.05) is 0 Å². The number of aliphatic hydroxyl groups is 7. The van der Waals surface area contributed by atoms with E-state index >= 15 is 0 Å². The monoisotopic (exact) mass is 626 g/mol. The Morgan fingerprint density at radius 2 is 1.34 bits per heavy atom. The van der Waals surface area contributed by atoms with E-state index in [0.29, 0.717) is 0 Å². The minimum absolute atomic E-state index is 0.0504. The van der Waals surface area contributed by atoms with Crippen molar-refractivity contribution in [3.8, 4) is 40.1 Å². The smallest absolute Gasteiger partial charge is 0.239 e. The van der Waals surface area contributed by atoms with Crippen LogP contribution in [0.5, 0.6) is 28.7 Å². The third kappa shape index (κ3) is 5.73. The Morgan fingerprint density at radius 3 is 2.00 bits per heavy atom. The molecule has 0 bridgehead atoms. The first-order chi connectivity index (χ1) is 20.8. The molecule has 0 saturated carbocycles. The molecule has 0 radical (unpaired) electrons. The third-order valence-electron chi connectivity index (χ3n) is 7.33. The van der Waals surface area contributed by atoms with Crippen LogP contribution in [0.2, 0.25) is 0 Å². The molecule has 10 atom stereocenters. The molecule has 3 heterocycles. The molecule has 2 saturated heterocycles. The fourth-order valence-corrected chi connectivity index (χ4v) is 4.89. The zero-order valence-electron chi connectivity index (χ0n) is 22.4. The third-order valence-corrected chi connectivity index (χ3v) is 7.33. The van der Waals surface area contributed by atoms with Gasteiger partial charge >= 0.3 is 0 Å². The maximum atomic E-state index is 13.6. The zero-order valence-corrected chi connectivity index (χ0v) is 22.4. The Labute approximate surface area is 246 Å². The summed E-state index contributed by atoms with van der Waals surface area (Å²) in [6.45, 7) is -1.42. The standard InChI is InChI=1S/C27H30O17/c28-6-14-17(33)20(36)22(38)26(42-14)40-7-15-18(34)21(37)23(39)27(43-15)44-25-19(35)16-12(32)4-9(29)5-13(16)41-24(25)8-1-2-10(30)11(31)3-8/h1-5,14-15,17-18,20-23,26-34,36-39H,6-7H2/t14-,15+,17-,18+,20+,21-,22+,23+,26-,27-/m1/s1. The normalized spacial score (nSPS) is 32.5. The van der Waals surface area contributed by atoms with Crippen molar-refractivity contribution >= 4 is 11.0 Å². The van der Waals surface area contributed by atoms with Gasteiger partial charge in [0, 0.05) is 17.7 Å². The number of phenolic OH excluding ortho intramolecular Hbond substituents is 4. The van der Waals surface area contributed by atoms with Gasteiger partial charge in [-0.3, -0.25) is 4.79 Å². The molecule has 44 heavy (non-hydrogen) atoms. The Balaban J connectivity index is 1.47. The second kappa shape index (κ2) is 12.3. The molecule has 2 aliphatic heterocycles. The number of phenols is 4. The maximum absolute atomic E-state index is 13.6. The summed E-state index contributed by atoms with van der Waals surface area (Å²) in [5.41, 5.74) is -1.41. The van der Waals surface area contributed by atoms with Crippen molar-refractivity contribution in [1.82, 2.24) is 0 Å². The lowest BCUT2D eigenvalue weighted by molar-refractivity contribution is -0.323. The number of aliphatic hydroxyl groups excluding tert-OH is 7. The van der Waals surface area contributed by atoms with Crippen molar-refractivity contribution in [2.24, 2.45) is 0 Å². The highest BCUT2D eigenvalue weighted by Gasteiger charge is 2.48. The summed E-state index contributed by atoms with van der Waals surface area (Å²) in [6.07, 6.45) is -17.4. The van der Waals surface area contributed by atoms with Crippen LogP contribution in [0, 0.1) is 0 Å². The summed E-state index contributed by atoms with van der Waals surface area (Å²) in [6, 6.07) is 5.17. The van der Waals surface area contributed by atoms with Crippen LogP contribution >= 0.6 is 0 Å². The van der Waals surface area contributed by atoms with Crippen molar-refractivity contribution in [3.63, 3.8) is 0 Å². The van der Waals surface area contributed by atoms with Gasteiger partial charge in [-0.15, -0.1) is 0 Å². The van der Waals surface area contributed by atoms with Gasteiger partial charge in [-0.05, 0) is 18.2 Å². The highest BCUT2D eigenvalue weighted by Crippen LogP contribution is 2.39. The molecule has 17 heteroatoms. The SMILES string of the molecule is O=c1c(O[C@H]2O[C@@H](CO[C@@H]3O[C@H](CO)[C@@H](O)[C@H](O)[C@@H]3O)[C@H](O)[C@@H](O)[C@@H]2O)c(-c2ccc(O)c(O)c2)oc2cc(O)cc(O)c12. The lowest BCUT2D eigenvalue weighted by atomic mass is 9.98. The van der Waals surface area contributed by atoms with E-state index in [0.717, 1.165) is 24.3 Å². The molecule has 17 nitrogen and oxygen atoms in total. The molecule has 0 amide bonds. The summed E-state index contributed by atoms with van der Waals surface area (Å²) in [5.74, 6) is -3.44. The Morgan fingerprint density at radius 1 is 0.705 bits per heavy atom. The largest absolute Gasteiger partial charge is 0.508 e. The van der Waals surface area contributed by atoms with Crippen molar-refractivity contribution in [2.45, 2.75) is 61.4 Å². The molecule has 3 aromatic rings. The molecule has 0 unspecified atom stereocenters. The van der Waals surface area contributed by atoms with Crippen LogP contribution in [0.15, 0.2) is 39.5 Å². The first-order valence-corrected chi connectivity index (χ1v) is 13.2. The number of ether oxygens (including phenoxy) is 4. The molecule has 5 rings (SSSR count). The van der Waals surface area contributed by atoms with Crippen molar-refractivity contribution in [2.75, 3.05) is 13.2 Å². The fourth-order valence-electron chi connectivity index (χ4n) is 4.89. The van der Waals surface area contributed by atoms with Crippen LogP contribution in [0.25, 0.3) is 22.3 Å². The molecule has 2 fully saturated rings. The lowest BCUT2D eigenvalue weighted by Gasteiger charge is -2.42. The van der Waals surface area contributed by atoms with Gasteiger partial charge in [0.05, 0.1) is 13.2 Å². The highest BCUT2D eigenvalue weighted by atomic mass is 16.7. The van der Waals surface area contributed by atoms with Crippen LogP contribution in [0.4, 0.5) is 0 Å². The van der Waals surface area contributed by atoms with E-state index < -0.39 is 120 Å². The topological polar surface area (TPSA) is 290 Å². The molecule has 0 spiro atoms. The van der Waals surface area contributed by atoms with E-state index in [1.165, 1.54) is 6.07 Å². The molecular weight excluding hydrogens is 596 g/mol. The van der Waals surface area contributed by atoms with E-state index in [4.69, 9.17) is 23.4 Å². The van der Waals surface area contributed by atoms with Gasteiger partial charge in [0.2, 0.25) is 17.5 Å². The summed E-state index contributed by atoms with van der Waals surface area (Å²) in [7, 11) is 0. The molecule has 0 aliphatic carbocycles. The van der Waals surface area contributed by atoms with E-state index in [2.05, 4.69) is 0 Å². The molecule has 2 aromatic carbocycles. The van der Waals surface area contributed by atoms with Crippen molar-refractivity contribution in [1.29, 1.82) is 0 Å². The molecular formula is C27H30O17. The van der Waals surface area contributed by atoms with Gasteiger partial charge in [-0.25, -0.2) is 0 Å². The first-order valence-electron chi connectivity index (χ1n) is 13.2. The zero-order chi connectivity index (χ0) is 32.0. The lowest BCUT2D eigenvalue weighted by Crippen LogP contribution is -2.62. The van der Waals surface area contributed by atoms with E-state index in [-0.39, 0.29) is 11.1 Å². The average molecular weight is 627 g/mol. The summed E-state index contributed by atoms with van der Waals surface area (Å²) in [5, 5.41) is 111. The molecule has 1 aromatic heterocycles. The molecule has 240 valence electrons. The minimum atomic E-state index is -2.00. The van der Waals surface area contributed by atoms with Crippen molar-refractivity contribution < 1.29 is 79.5 Å². The number of hydrogen-bond acceptors (Lipinski definition) is 17. The summed E-state index contributed by atoms with van der Waals surface area (Å²) < 4.78 is 27.6. The number of hydrogen-bond donors (Lipinski definition) is 11. The van der Waals surface area contributed by atoms with Gasteiger partial charge in [0.15, 0.2) is 23.5 Å². The molecule has 2 aliphatic rings. The second-order valence-electron chi connectivity index (χ2n) is 10.3. The van der Waals surface area contributed by atoms with Gasteiger partial charge in [-0.2, -0.15) is 0 Å². The minimum Gasteiger partial charge on any atom is -0.508 e. The van der Waals surface area contributed by atoms with Crippen LogP contribution in [0.1, 0.15) is 0 Å². The van der Waals surface area contributed by atoms with Crippen molar-refractivity contribution in [3.05, 3.63) is 40.6 Å². The predicted octanol–water partition coefficient (Wildman–Crippen LogP) is -2.71. The average Bonchev–Trinajstić information content (AvgIpc) is 2.98. The van der Waals surface area contributed by atoms with Gasteiger partial charge in [0.25, 0.3) is 0 Å². The quantitative estimate of drug-likeness (QED) is 0.119. The van der Waals surface area contributed by atoms with Gasteiger partial charge in [-0.1, -0.05) is 0 Å². The predicted molar refractivity (Wildman–Crippen MR) is 142 cm³/mol. The van der Waals surface area contributed by atoms with Crippen LogP contribution < -0.4 is 10.2 Å². The van der Waals surface area contributed by atoms with Crippen LogP contribution in [-0.2, 0) is 14.2 Å². The number of fused-ring (bicyclic) bond motifs is 1. The van der Waals surface area contributed by atoms with E-state index in [1.54, 1.807) is 0 Å². The molecule has 11 N–H and O–H groups in total. The number of benzene rings is 2. The van der Waals surface area contributed by atoms with Crippen LogP contribution in [0.3, 0.4) is 0 Å². The maximum Gasteiger partial charge on any atom is 0.239 e. The second-order valence-corrected chi connectivity index (χ2v) is 10.3. The van der Waals surface area contributed by atoms with Crippen LogP contribution in [-0.4, -0.2) is 131 Å². The van der Waals surface area contributed by atoms with Gasteiger partial charge < -0.3 is 79.5 Å². The Hall–Kier alpha value is -3.75. The summed E-state index contributed by atoms with van der Waals surface area (Å²) in [4.78, 5) is 13.6. The Kier molecular flexibility index (Phi) is 8.87. The van der Waals surface area contributed by atoms with E-state index in [9.17, 15) is 61.0 Å². The Bertz CT molecular complexity index is 1560. The summed E-state index contributed by atoms with van der Waals surface area (Å²) >= 11 is 0. The number of aromatic hydroxyl groups is 4. The highest BCUT2D eigenvalue weighted by molar-refractivity contribution is 5.88. The van der Waals surface area contributed by atoms with Gasteiger partial charge in [0.1, 0.15) is 71.3 Å². The fraction of sp³-hybridized carbons (Fsp3) is 0.444. The number of rotatable bonds is 7.